The van der Waals surface area contributed by atoms with Crippen molar-refractivity contribution in [3.05, 3.63) is 41.5 Å². The van der Waals surface area contributed by atoms with Crippen LogP contribution in [-0.2, 0) is 13.0 Å². The van der Waals surface area contributed by atoms with Crippen molar-refractivity contribution in [3.63, 3.8) is 0 Å². The van der Waals surface area contributed by atoms with E-state index in [4.69, 9.17) is 10.5 Å². The van der Waals surface area contributed by atoms with Crippen LogP contribution >= 0.6 is 0 Å². The van der Waals surface area contributed by atoms with Crippen molar-refractivity contribution in [2.24, 2.45) is 0 Å². The fraction of sp³-hybridized carbons (Fsp3) is 0.333. The van der Waals surface area contributed by atoms with Crippen LogP contribution in [0.3, 0.4) is 0 Å². The number of aryl methyl sites for hydroxylation is 1. The molecule has 0 fully saturated rings. The minimum Gasteiger partial charge on any atom is -0.476 e. The normalized spacial score (nSPS) is 10.4. The molecule has 2 rings (SSSR count). The van der Waals surface area contributed by atoms with E-state index in [9.17, 15) is 4.39 Å². The standard InChI is InChI=1S/C15H19FN4O/c1-3-12-19-14(13(17)15(20-12)21-4-2)18-9-10-7-5-6-8-11(10)16/h5-8H,3-4,9,17H2,1-2H3,(H,18,19,20). The fourth-order valence-corrected chi connectivity index (χ4v) is 1.85. The van der Waals surface area contributed by atoms with E-state index in [2.05, 4.69) is 15.3 Å². The first-order valence-electron chi connectivity index (χ1n) is 6.92. The fourth-order valence-electron chi connectivity index (χ4n) is 1.85. The van der Waals surface area contributed by atoms with Gasteiger partial charge in [-0.25, -0.2) is 9.37 Å². The van der Waals surface area contributed by atoms with E-state index in [1.54, 1.807) is 18.2 Å². The molecule has 0 saturated heterocycles. The number of hydrogen-bond acceptors (Lipinski definition) is 5. The van der Waals surface area contributed by atoms with E-state index in [1.165, 1.54) is 6.07 Å². The summed E-state index contributed by atoms with van der Waals surface area (Å²) in [6, 6.07) is 6.57. The molecular formula is C15H19FN4O. The Kier molecular flexibility index (Phi) is 4.92. The third-order valence-electron chi connectivity index (χ3n) is 2.96. The first-order chi connectivity index (χ1) is 10.2. The number of nitrogens with one attached hydrogen (secondary N) is 1. The number of hydrogen-bond donors (Lipinski definition) is 2. The van der Waals surface area contributed by atoms with Gasteiger partial charge in [-0.3, -0.25) is 0 Å². The van der Waals surface area contributed by atoms with E-state index in [-0.39, 0.29) is 5.82 Å². The molecular weight excluding hydrogens is 271 g/mol. The SMILES string of the molecule is CCOc1nc(CC)nc(NCc2ccccc2F)c1N. The molecule has 0 saturated carbocycles. The average Bonchev–Trinajstić information content (AvgIpc) is 2.49. The van der Waals surface area contributed by atoms with Crippen LogP contribution in [0, 0.1) is 5.82 Å². The molecule has 0 amide bonds. The molecule has 0 unspecified atom stereocenters. The highest BCUT2D eigenvalue weighted by Crippen LogP contribution is 2.26. The van der Waals surface area contributed by atoms with Gasteiger partial charge in [0.2, 0.25) is 5.88 Å². The number of nitrogens with zero attached hydrogens (tertiary/aromatic N) is 2. The summed E-state index contributed by atoms with van der Waals surface area (Å²) in [6.45, 7) is 4.57. The molecule has 0 aliphatic heterocycles. The molecule has 112 valence electrons. The van der Waals surface area contributed by atoms with E-state index in [1.807, 2.05) is 13.8 Å². The number of halogens is 1. The molecule has 1 heterocycles. The zero-order valence-corrected chi connectivity index (χ0v) is 12.2. The molecule has 5 nitrogen and oxygen atoms in total. The lowest BCUT2D eigenvalue weighted by Crippen LogP contribution is -2.11. The van der Waals surface area contributed by atoms with Crippen molar-refractivity contribution in [3.8, 4) is 5.88 Å². The van der Waals surface area contributed by atoms with Crippen LogP contribution in [0.2, 0.25) is 0 Å². The highest BCUT2D eigenvalue weighted by molar-refractivity contribution is 5.67. The van der Waals surface area contributed by atoms with E-state index in [0.29, 0.717) is 48.3 Å². The maximum atomic E-state index is 13.6. The Bertz CT molecular complexity index is 619. The molecule has 0 atom stereocenters. The highest BCUT2D eigenvalue weighted by atomic mass is 19.1. The first-order valence-corrected chi connectivity index (χ1v) is 6.92. The minimum absolute atomic E-state index is 0.265. The second-order valence-electron chi connectivity index (χ2n) is 4.44. The third-order valence-corrected chi connectivity index (χ3v) is 2.96. The predicted octanol–water partition coefficient (Wildman–Crippen LogP) is 2.77. The van der Waals surface area contributed by atoms with Crippen LogP contribution in [0.4, 0.5) is 15.9 Å². The summed E-state index contributed by atoms with van der Waals surface area (Å²) in [7, 11) is 0. The first kappa shape index (κ1) is 15.0. The molecule has 0 spiro atoms. The number of anilines is 2. The molecule has 0 bridgehead atoms. The summed E-state index contributed by atoms with van der Waals surface area (Å²) in [5.74, 6) is 1.19. The van der Waals surface area contributed by atoms with Gasteiger partial charge >= 0.3 is 0 Å². The van der Waals surface area contributed by atoms with Crippen molar-refractivity contribution in [1.82, 2.24) is 9.97 Å². The maximum absolute atomic E-state index is 13.6. The minimum atomic E-state index is -0.265. The Hall–Kier alpha value is -2.37. The molecule has 1 aromatic heterocycles. The van der Waals surface area contributed by atoms with Gasteiger partial charge in [0.1, 0.15) is 17.3 Å². The van der Waals surface area contributed by atoms with Crippen LogP contribution in [0.25, 0.3) is 0 Å². The average molecular weight is 290 g/mol. The van der Waals surface area contributed by atoms with E-state index >= 15 is 0 Å². The summed E-state index contributed by atoms with van der Waals surface area (Å²) < 4.78 is 19.0. The summed E-state index contributed by atoms with van der Waals surface area (Å²) in [4.78, 5) is 8.57. The van der Waals surface area contributed by atoms with Gasteiger partial charge in [0, 0.05) is 18.5 Å². The molecule has 1 aromatic carbocycles. The summed E-state index contributed by atoms with van der Waals surface area (Å²) in [6.07, 6.45) is 0.661. The van der Waals surface area contributed by atoms with Crippen molar-refractivity contribution in [2.75, 3.05) is 17.7 Å². The van der Waals surface area contributed by atoms with Gasteiger partial charge in [0.25, 0.3) is 0 Å². The molecule has 3 N–H and O–H groups in total. The summed E-state index contributed by atoms with van der Waals surface area (Å²) in [5.41, 5.74) is 6.87. The number of nitrogens with two attached hydrogens (primary N) is 1. The van der Waals surface area contributed by atoms with Crippen molar-refractivity contribution < 1.29 is 9.13 Å². The van der Waals surface area contributed by atoms with Crippen LogP contribution in [0.1, 0.15) is 25.2 Å². The number of rotatable bonds is 6. The lowest BCUT2D eigenvalue weighted by Gasteiger charge is -2.13. The molecule has 0 radical (unpaired) electrons. The quantitative estimate of drug-likeness (QED) is 0.855. The number of aromatic nitrogens is 2. The third kappa shape index (κ3) is 3.59. The zero-order valence-electron chi connectivity index (χ0n) is 12.2. The molecule has 21 heavy (non-hydrogen) atoms. The van der Waals surface area contributed by atoms with Gasteiger partial charge < -0.3 is 15.8 Å². The van der Waals surface area contributed by atoms with E-state index < -0.39 is 0 Å². The monoisotopic (exact) mass is 290 g/mol. The van der Waals surface area contributed by atoms with Crippen LogP contribution < -0.4 is 15.8 Å². The van der Waals surface area contributed by atoms with Crippen LogP contribution in [0.15, 0.2) is 24.3 Å². The van der Waals surface area contributed by atoms with Gasteiger partial charge in [-0.1, -0.05) is 25.1 Å². The number of ether oxygens (including phenoxy) is 1. The van der Waals surface area contributed by atoms with Gasteiger partial charge in [0.15, 0.2) is 5.82 Å². The number of nitrogen functional groups attached to an aromatic ring is 1. The van der Waals surface area contributed by atoms with Gasteiger partial charge in [-0.05, 0) is 13.0 Å². The highest BCUT2D eigenvalue weighted by Gasteiger charge is 2.12. The van der Waals surface area contributed by atoms with Gasteiger partial charge in [-0.15, -0.1) is 0 Å². The second-order valence-corrected chi connectivity index (χ2v) is 4.44. The predicted molar refractivity (Wildman–Crippen MR) is 80.7 cm³/mol. The Balaban J connectivity index is 2.22. The zero-order chi connectivity index (χ0) is 15.2. The Morgan fingerprint density at radius 1 is 1.24 bits per heavy atom. The lowest BCUT2D eigenvalue weighted by atomic mass is 10.2. The topological polar surface area (TPSA) is 73.1 Å². The summed E-state index contributed by atoms with van der Waals surface area (Å²) in [5, 5.41) is 3.05. The maximum Gasteiger partial charge on any atom is 0.242 e. The smallest absolute Gasteiger partial charge is 0.242 e. The second kappa shape index (κ2) is 6.88. The molecule has 6 heteroatoms. The Morgan fingerprint density at radius 3 is 2.67 bits per heavy atom. The van der Waals surface area contributed by atoms with Crippen molar-refractivity contribution >= 4 is 11.5 Å². The molecule has 0 aliphatic carbocycles. The molecule has 0 aliphatic rings. The van der Waals surface area contributed by atoms with Crippen molar-refractivity contribution in [2.45, 2.75) is 26.8 Å². The van der Waals surface area contributed by atoms with Crippen molar-refractivity contribution in [1.29, 1.82) is 0 Å². The number of benzene rings is 1. The Morgan fingerprint density at radius 2 is 2.00 bits per heavy atom. The van der Waals surface area contributed by atoms with Gasteiger partial charge in [0.05, 0.1) is 6.61 Å². The summed E-state index contributed by atoms with van der Waals surface area (Å²) >= 11 is 0. The Labute approximate surface area is 123 Å². The van der Waals surface area contributed by atoms with Crippen LogP contribution in [0.5, 0.6) is 5.88 Å². The molecule has 2 aromatic rings. The van der Waals surface area contributed by atoms with Crippen LogP contribution in [-0.4, -0.2) is 16.6 Å². The van der Waals surface area contributed by atoms with E-state index in [0.717, 1.165) is 0 Å². The lowest BCUT2D eigenvalue weighted by molar-refractivity contribution is 0.327. The largest absolute Gasteiger partial charge is 0.476 e. The van der Waals surface area contributed by atoms with Gasteiger partial charge in [-0.2, -0.15) is 4.98 Å².